The van der Waals surface area contributed by atoms with Crippen molar-refractivity contribution < 1.29 is 14.1 Å². The summed E-state index contributed by atoms with van der Waals surface area (Å²) in [6.45, 7) is 6.84. The van der Waals surface area contributed by atoms with Gasteiger partial charge in [-0.25, -0.2) is 0 Å². The predicted octanol–water partition coefficient (Wildman–Crippen LogP) is 2.16. The van der Waals surface area contributed by atoms with E-state index in [0.717, 1.165) is 5.69 Å². The van der Waals surface area contributed by atoms with Crippen molar-refractivity contribution in [1.82, 2.24) is 10.5 Å². The number of likely N-dealkylation sites (N-methyl/N-ethyl adjacent to an activating group) is 1. The Labute approximate surface area is 147 Å². The van der Waals surface area contributed by atoms with E-state index in [-0.39, 0.29) is 11.2 Å². The molecule has 0 radical (unpaired) electrons. The molecule has 0 fully saturated rings. The maximum absolute atomic E-state index is 11.9. The van der Waals surface area contributed by atoms with Crippen LogP contribution in [0.1, 0.15) is 26.5 Å². The Balaban J connectivity index is 1.79. The lowest BCUT2D eigenvalue weighted by Gasteiger charge is -2.19. The molecule has 0 saturated carbocycles. The number of amides is 2. The number of nitrogens with one attached hydrogen (secondary N) is 2. The summed E-state index contributed by atoms with van der Waals surface area (Å²) in [4.78, 5) is 25.8. The molecule has 2 rings (SSSR count). The minimum absolute atomic E-state index is 0.222. The summed E-state index contributed by atoms with van der Waals surface area (Å²) < 4.78 is 5.17. The Morgan fingerprint density at radius 2 is 1.84 bits per heavy atom. The van der Waals surface area contributed by atoms with E-state index in [2.05, 4.69) is 15.8 Å². The molecule has 7 heteroatoms. The van der Waals surface area contributed by atoms with Crippen LogP contribution in [-0.2, 0) is 15.0 Å². The van der Waals surface area contributed by atoms with Crippen molar-refractivity contribution in [3.05, 3.63) is 42.2 Å². The van der Waals surface area contributed by atoms with Crippen molar-refractivity contribution in [3.8, 4) is 0 Å². The van der Waals surface area contributed by atoms with Gasteiger partial charge in [0.15, 0.2) is 5.82 Å². The molecule has 1 aromatic carbocycles. The summed E-state index contributed by atoms with van der Waals surface area (Å²) in [5.74, 6) is -0.614. The van der Waals surface area contributed by atoms with Gasteiger partial charge in [0.05, 0.1) is 0 Å². The number of anilines is 2. The third kappa shape index (κ3) is 5.34. The van der Waals surface area contributed by atoms with Gasteiger partial charge >= 0.3 is 11.8 Å². The zero-order chi connectivity index (χ0) is 18.4. The summed E-state index contributed by atoms with van der Waals surface area (Å²) in [5.41, 5.74) is 0.818. The molecule has 0 saturated heterocycles. The highest BCUT2D eigenvalue weighted by Crippen LogP contribution is 2.24. The van der Waals surface area contributed by atoms with E-state index in [0.29, 0.717) is 18.8 Å². The van der Waals surface area contributed by atoms with Crippen molar-refractivity contribution in [2.45, 2.75) is 26.2 Å². The van der Waals surface area contributed by atoms with Crippen LogP contribution in [-0.4, -0.2) is 37.1 Å². The fourth-order valence-corrected chi connectivity index (χ4v) is 2.09. The average molecular weight is 344 g/mol. The maximum atomic E-state index is 11.9. The second-order valence-electron chi connectivity index (χ2n) is 6.79. The largest absolute Gasteiger partial charge is 0.373 e. The monoisotopic (exact) mass is 344 g/mol. The Bertz CT molecular complexity index is 719. The van der Waals surface area contributed by atoms with Crippen LogP contribution >= 0.6 is 0 Å². The van der Waals surface area contributed by atoms with Crippen LogP contribution in [0.15, 0.2) is 40.9 Å². The summed E-state index contributed by atoms with van der Waals surface area (Å²) in [5, 5.41) is 8.78. The number of benzene rings is 1. The van der Waals surface area contributed by atoms with Crippen LogP contribution in [0.3, 0.4) is 0 Å². The first-order valence-corrected chi connectivity index (χ1v) is 8.10. The predicted molar refractivity (Wildman–Crippen MR) is 96.6 cm³/mol. The van der Waals surface area contributed by atoms with Crippen molar-refractivity contribution >= 4 is 23.3 Å². The van der Waals surface area contributed by atoms with Crippen LogP contribution in [0.25, 0.3) is 0 Å². The van der Waals surface area contributed by atoms with Crippen LogP contribution < -0.4 is 15.5 Å². The van der Waals surface area contributed by atoms with E-state index in [1.165, 1.54) is 0 Å². The molecule has 25 heavy (non-hydrogen) atoms. The number of carbonyl (C=O) groups is 2. The molecule has 0 aliphatic rings. The number of hydrogen-bond acceptors (Lipinski definition) is 5. The number of carbonyl (C=O) groups excluding carboxylic acids is 2. The highest BCUT2D eigenvalue weighted by molar-refractivity contribution is 6.39. The lowest BCUT2D eigenvalue weighted by atomic mass is 9.93. The van der Waals surface area contributed by atoms with E-state index < -0.39 is 11.8 Å². The minimum Gasteiger partial charge on any atom is -0.373 e. The third-order valence-electron chi connectivity index (χ3n) is 3.63. The van der Waals surface area contributed by atoms with Gasteiger partial charge in [-0.3, -0.25) is 14.9 Å². The molecule has 2 amide bonds. The molecule has 2 N–H and O–H groups in total. The first-order valence-electron chi connectivity index (χ1n) is 8.10. The summed E-state index contributed by atoms with van der Waals surface area (Å²) >= 11 is 0. The lowest BCUT2D eigenvalue weighted by Crippen LogP contribution is -2.39. The number of nitrogens with zero attached hydrogens (tertiary/aromatic N) is 2. The molecule has 1 aromatic heterocycles. The topological polar surface area (TPSA) is 87.5 Å². The van der Waals surface area contributed by atoms with Gasteiger partial charge in [-0.1, -0.05) is 44.1 Å². The van der Waals surface area contributed by atoms with Gasteiger partial charge in [0.25, 0.3) is 0 Å². The molecule has 0 spiro atoms. The number of para-hydroxylation sites is 1. The highest BCUT2D eigenvalue weighted by atomic mass is 16.5. The van der Waals surface area contributed by atoms with E-state index in [1.54, 1.807) is 6.07 Å². The standard InChI is InChI=1S/C18H24N4O3/c1-18(2,3)14-12-15(21-25-14)20-17(24)16(23)19-10-11-22(4)13-8-6-5-7-9-13/h5-9,12H,10-11H2,1-4H3,(H,19,23)(H,20,21,24). The molecule has 134 valence electrons. The van der Waals surface area contributed by atoms with E-state index in [4.69, 9.17) is 4.52 Å². The van der Waals surface area contributed by atoms with Gasteiger partial charge in [0, 0.05) is 37.3 Å². The molecule has 0 bridgehead atoms. The number of hydrogen-bond donors (Lipinski definition) is 2. The minimum atomic E-state index is -0.767. The fraction of sp³-hybridized carbons (Fsp3) is 0.389. The number of aromatic nitrogens is 1. The van der Waals surface area contributed by atoms with Gasteiger partial charge in [0.2, 0.25) is 0 Å². The van der Waals surface area contributed by atoms with Gasteiger partial charge in [-0.05, 0) is 12.1 Å². The Kier molecular flexibility index (Phi) is 5.80. The number of rotatable bonds is 5. The summed E-state index contributed by atoms with van der Waals surface area (Å²) in [7, 11) is 1.92. The Morgan fingerprint density at radius 1 is 1.16 bits per heavy atom. The van der Waals surface area contributed by atoms with Crippen molar-refractivity contribution in [2.24, 2.45) is 0 Å². The smallest absolute Gasteiger partial charge is 0.314 e. The maximum Gasteiger partial charge on any atom is 0.314 e. The van der Waals surface area contributed by atoms with Crippen molar-refractivity contribution in [2.75, 3.05) is 30.4 Å². The van der Waals surface area contributed by atoms with Gasteiger partial charge in [-0.2, -0.15) is 0 Å². The van der Waals surface area contributed by atoms with E-state index >= 15 is 0 Å². The van der Waals surface area contributed by atoms with Gasteiger partial charge in [0.1, 0.15) is 5.76 Å². The van der Waals surface area contributed by atoms with Crippen molar-refractivity contribution in [1.29, 1.82) is 0 Å². The SMILES string of the molecule is CN(CCNC(=O)C(=O)Nc1cc(C(C)(C)C)on1)c1ccccc1. The second-order valence-corrected chi connectivity index (χ2v) is 6.79. The first kappa shape index (κ1) is 18.5. The Morgan fingerprint density at radius 3 is 2.44 bits per heavy atom. The van der Waals surface area contributed by atoms with E-state index in [1.807, 2.05) is 63.1 Å². The highest BCUT2D eigenvalue weighted by Gasteiger charge is 2.21. The first-order chi connectivity index (χ1) is 11.8. The molecular formula is C18H24N4O3. The Hall–Kier alpha value is -2.83. The molecule has 2 aromatic rings. The zero-order valence-corrected chi connectivity index (χ0v) is 15.0. The lowest BCUT2D eigenvalue weighted by molar-refractivity contribution is -0.136. The summed E-state index contributed by atoms with van der Waals surface area (Å²) in [6.07, 6.45) is 0. The molecule has 0 atom stereocenters. The molecule has 0 unspecified atom stereocenters. The quantitative estimate of drug-likeness (QED) is 0.812. The van der Waals surface area contributed by atoms with E-state index in [9.17, 15) is 9.59 Å². The van der Waals surface area contributed by atoms with Crippen LogP contribution in [0, 0.1) is 0 Å². The molecule has 0 aliphatic carbocycles. The van der Waals surface area contributed by atoms with Gasteiger partial charge < -0.3 is 14.7 Å². The normalized spacial score (nSPS) is 11.0. The average Bonchev–Trinajstić information content (AvgIpc) is 3.04. The molecule has 0 aliphatic heterocycles. The van der Waals surface area contributed by atoms with Crippen LogP contribution in [0.5, 0.6) is 0 Å². The van der Waals surface area contributed by atoms with Crippen LogP contribution in [0.2, 0.25) is 0 Å². The molecular weight excluding hydrogens is 320 g/mol. The van der Waals surface area contributed by atoms with Crippen LogP contribution in [0.4, 0.5) is 11.5 Å². The third-order valence-corrected chi connectivity index (χ3v) is 3.63. The summed E-state index contributed by atoms with van der Waals surface area (Å²) in [6, 6.07) is 11.4. The molecule has 7 nitrogen and oxygen atoms in total. The molecule has 1 heterocycles. The van der Waals surface area contributed by atoms with Crippen molar-refractivity contribution in [3.63, 3.8) is 0 Å². The van der Waals surface area contributed by atoms with Gasteiger partial charge in [-0.15, -0.1) is 0 Å². The second kappa shape index (κ2) is 7.83. The zero-order valence-electron chi connectivity index (χ0n) is 15.0. The fourth-order valence-electron chi connectivity index (χ4n) is 2.09.